The van der Waals surface area contributed by atoms with E-state index in [0.717, 1.165) is 19.3 Å². The Balaban J connectivity index is 0.000000305. The van der Waals surface area contributed by atoms with Crippen LogP contribution in [0.4, 0.5) is 0 Å². The van der Waals surface area contributed by atoms with Crippen LogP contribution in [0, 0.1) is 40.4 Å². The number of aliphatic hydroxyl groups excluding tert-OH is 1. The summed E-state index contributed by atoms with van der Waals surface area (Å²) >= 11 is 1.35. The number of hydrogen-bond acceptors (Lipinski definition) is 6. The maximum atomic E-state index is 12.7. The van der Waals surface area contributed by atoms with E-state index in [4.69, 9.17) is 5.11 Å². The summed E-state index contributed by atoms with van der Waals surface area (Å²) in [6.45, 7) is 10.7. The zero-order valence-corrected chi connectivity index (χ0v) is 23.0. The minimum absolute atomic E-state index is 0.0231. The van der Waals surface area contributed by atoms with Crippen molar-refractivity contribution < 1.29 is 29.0 Å². The molecule has 0 aliphatic heterocycles. The Morgan fingerprint density at radius 2 is 1.92 bits per heavy atom. The Morgan fingerprint density at radius 1 is 1.22 bits per heavy atom. The van der Waals surface area contributed by atoms with Gasteiger partial charge < -0.3 is 14.6 Å². The predicted molar refractivity (Wildman–Crippen MR) is 142 cm³/mol. The van der Waals surface area contributed by atoms with Crippen molar-refractivity contribution >= 4 is 28.6 Å². The third-order valence-corrected chi connectivity index (χ3v) is 9.68. The molecule has 0 spiro atoms. The minimum Gasteiger partial charge on any atom is -0.475 e. The van der Waals surface area contributed by atoms with E-state index in [2.05, 4.69) is 31.3 Å². The van der Waals surface area contributed by atoms with Crippen LogP contribution in [0.3, 0.4) is 0 Å². The van der Waals surface area contributed by atoms with Gasteiger partial charge in [0.2, 0.25) is 5.76 Å². The number of thioether (sulfide) groups is 1. The van der Waals surface area contributed by atoms with Crippen molar-refractivity contribution in [3.8, 4) is 0 Å². The number of carbonyl (C=O) groups excluding carboxylic acids is 2. The fraction of sp³-hybridized carbons (Fsp3) is 0.621. The molecule has 2 N–H and O–H groups in total. The molecule has 7 heteroatoms. The van der Waals surface area contributed by atoms with E-state index in [1.165, 1.54) is 35.7 Å². The monoisotopic (exact) mass is 516 g/mol. The van der Waals surface area contributed by atoms with Crippen LogP contribution in [-0.4, -0.2) is 39.4 Å². The van der Waals surface area contributed by atoms with Crippen LogP contribution in [0.2, 0.25) is 0 Å². The summed E-state index contributed by atoms with van der Waals surface area (Å²) in [5.74, 6) is 0.504. The van der Waals surface area contributed by atoms with Crippen molar-refractivity contribution in [2.24, 2.45) is 40.4 Å². The summed E-state index contributed by atoms with van der Waals surface area (Å²) < 4.78 is 4.50. The van der Waals surface area contributed by atoms with E-state index in [-0.39, 0.29) is 34.2 Å². The molecule has 1 aromatic rings. The van der Waals surface area contributed by atoms with Gasteiger partial charge in [-0.3, -0.25) is 9.59 Å². The van der Waals surface area contributed by atoms with Crippen LogP contribution in [0.5, 0.6) is 0 Å². The largest absolute Gasteiger partial charge is 0.475 e. The Kier molecular flexibility index (Phi) is 8.77. The first-order valence-corrected chi connectivity index (χ1v) is 14.2. The van der Waals surface area contributed by atoms with Crippen molar-refractivity contribution in [3.05, 3.63) is 48.0 Å². The second kappa shape index (κ2) is 11.1. The predicted octanol–water partition coefficient (Wildman–Crippen LogP) is 6.02. The van der Waals surface area contributed by atoms with E-state index in [0.29, 0.717) is 29.3 Å². The summed E-state index contributed by atoms with van der Waals surface area (Å²) in [4.78, 5) is 34.5. The SMILES string of the molecule is CC.CSC(=O)C1[C@H](C)CC2C3CCC4=CC(=O)C=CC4(C)C3C(O)CC21C.O=C(O)c1ccco1. The molecule has 8 atom stereocenters. The Morgan fingerprint density at radius 3 is 2.47 bits per heavy atom. The van der Waals surface area contributed by atoms with Crippen LogP contribution in [0.25, 0.3) is 0 Å². The smallest absolute Gasteiger partial charge is 0.371 e. The van der Waals surface area contributed by atoms with Gasteiger partial charge >= 0.3 is 5.97 Å². The number of carboxylic acid groups (broad SMARTS) is 1. The Hall–Kier alpha value is -2.12. The molecular weight excluding hydrogens is 476 g/mol. The van der Waals surface area contributed by atoms with Gasteiger partial charge in [0.25, 0.3) is 0 Å². The van der Waals surface area contributed by atoms with Gasteiger partial charge in [-0.15, -0.1) is 0 Å². The first-order valence-electron chi connectivity index (χ1n) is 13.0. The minimum atomic E-state index is -1.03. The van der Waals surface area contributed by atoms with E-state index < -0.39 is 12.1 Å². The molecule has 3 fully saturated rings. The van der Waals surface area contributed by atoms with Gasteiger partial charge in [0.05, 0.1) is 12.4 Å². The molecule has 0 aromatic carbocycles. The number of ketones is 1. The summed E-state index contributed by atoms with van der Waals surface area (Å²) in [5.41, 5.74) is 0.866. The summed E-state index contributed by atoms with van der Waals surface area (Å²) in [7, 11) is 0. The lowest BCUT2D eigenvalue weighted by atomic mass is 9.47. The second-order valence-corrected chi connectivity index (χ2v) is 11.6. The third-order valence-electron chi connectivity index (χ3n) is 9.02. The second-order valence-electron chi connectivity index (χ2n) is 10.8. The highest BCUT2D eigenvalue weighted by atomic mass is 32.2. The highest BCUT2D eigenvalue weighted by molar-refractivity contribution is 8.13. The number of furan rings is 1. The highest BCUT2D eigenvalue weighted by Crippen LogP contribution is 2.67. The van der Waals surface area contributed by atoms with Crippen molar-refractivity contribution in [2.75, 3.05) is 6.26 Å². The third kappa shape index (κ3) is 4.89. The highest BCUT2D eigenvalue weighted by Gasteiger charge is 2.64. The van der Waals surface area contributed by atoms with Crippen molar-refractivity contribution in [2.45, 2.75) is 66.4 Å². The fourth-order valence-corrected chi connectivity index (χ4v) is 8.48. The number of rotatable bonds is 2. The number of carbonyl (C=O) groups is 3. The molecule has 6 nitrogen and oxygen atoms in total. The summed E-state index contributed by atoms with van der Waals surface area (Å²) in [6.07, 6.45) is 12.1. The van der Waals surface area contributed by atoms with E-state index in [1.807, 2.05) is 20.1 Å². The molecule has 0 radical (unpaired) electrons. The average Bonchev–Trinajstić information content (AvgIpc) is 3.47. The lowest BCUT2D eigenvalue weighted by Gasteiger charge is -2.58. The molecule has 198 valence electrons. The van der Waals surface area contributed by atoms with Crippen molar-refractivity contribution in [3.63, 3.8) is 0 Å². The molecular formula is C29H40O6S. The molecule has 0 bridgehead atoms. The van der Waals surface area contributed by atoms with Crippen molar-refractivity contribution in [1.82, 2.24) is 0 Å². The molecule has 0 saturated heterocycles. The molecule has 7 unspecified atom stereocenters. The van der Waals surface area contributed by atoms with Gasteiger partial charge in [0.15, 0.2) is 10.9 Å². The van der Waals surface area contributed by atoms with Crippen LogP contribution < -0.4 is 0 Å². The van der Waals surface area contributed by atoms with Crippen LogP contribution in [0.1, 0.15) is 70.9 Å². The number of aliphatic hydroxyl groups is 1. The number of aromatic carboxylic acids is 1. The standard InChI is InChI=1S/C22H30O3S.C5H4O3.C2H6/c1-12-9-16-15-6-5-13-10-14(23)7-8-21(13,2)19(15)17(24)11-22(16,3)18(12)20(25)26-4;6-5(7)4-2-1-3-8-4;1-2/h7-8,10,12,15-19,24H,5-6,9,11H2,1-4H3;1-3H,(H,6,7);1-2H3/t12-,15?,16?,17?,18?,19?,21?,22?;;/m1../s1. The lowest BCUT2D eigenvalue weighted by Crippen LogP contribution is -2.56. The molecule has 0 amide bonds. The molecule has 4 aliphatic rings. The number of allylic oxidation sites excluding steroid dienone is 4. The average molecular weight is 517 g/mol. The number of carboxylic acids is 1. The summed E-state index contributed by atoms with van der Waals surface area (Å²) in [5, 5.41) is 19.8. The zero-order valence-electron chi connectivity index (χ0n) is 22.2. The van der Waals surface area contributed by atoms with E-state index >= 15 is 0 Å². The molecule has 4 aliphatic carbocycles. The number of hydrogen-bond donors (Lipinski definition) is 2. The number of fused-ring (bicyclic) bond motifs is 5. The molecule has 3 saturated carbocycles. The fourth-order valence-electron chi connectivity index (χ4n) is 7.72. The van der Waals surface area contributed by atoms with Gasteiger partial charge in [-0.05, 0) is 79.4 Å². The molecule has 5 rings (SSSR count). The molecule has 1 aromatic heterocycles. The topological polar surface area (TPSA) is 105 Å². The van der Waals surface area contributed by atoms with Gasteiger partial charge in [-0.25, -0.2) is 4.79 Å². The Labute approximate surface area is 218 Å². The Bertz CT molecular complexity index is 1030. The van der Waals surface area contributed by atoms with Crippen LogP contribution >= 0.6 is 11.8 Å². The molecule has 36 heavy (non-hydrogen) atoms. The lowest BCUT2D eigenvalue weighted by molar-refractivity contribution is -0.133. The normalized spacial score (nSPS) is 38.2. The van der Waals surface area contributed by atoms with Crippen LogP contribution in [-0.2, 0) is 9.59 Å². The van der Waals surface area contributed by atoms with E-state index in [9.17, 15) is 19.5 Å². The molecule has 1 heterocycles. The maximum absolute atomic E-state index is 12.7. The van der Waals surface area contributed by atoms with Crippen LogP contribution in [0.15, 0.2) is 46.6 Å². The van der Waals surface area contributed by atoms with Gasteiger partial charge in [0.1, 0.15) is 0 Å². The van der Waals surface area contributed by atoms with E-state index in [1.54, 1.807) is 12.2 Å². The van der Waals surface area contributed by atoms with Gasteiger partial charge in [-0.1, -0.05) is 58.0 Å². The van der Waals surface area contributed by atoms with Crippen molar-refractivity contribution in [1.29, 1.82) is 0 Å². The quantitative estimate of drug-likeness (QED) is 0.495. The maximum Gasteiger partial charge on any atom is 0.371 e. The first-order chi connectivity index (χ1) is 17.0. The first kappa shape index (κ1) is 28.5. The van der Waals surface area contributed by atoms with Gasteiger partial charge in [0, 0.05) is 17.3 Å². The zero-order chi connectivity index (χ0) is 26.8. The summed E-state index contributed by atoms with van der Waals surface area (Å²) in [6, 6.07) is 2.92. The van der Waals surface area contributed by atoms with Gasteiger partial charge in [-0.2, -0.15) is 0 Å².